The van der Waals surface area contributed by atoms with Crippen LogP contribution in [0.3, 0.4) is 0 Å². The molecule has 1 atom stereocenters. The number of halogens is 2. The first-order chi connectivity index (χ1) is 11.4. The van der Waals surface area contributed by atoms with E-state index in [2.05, 4.69) is 41.4 Å². The minimum absolute atomic E-state index is 0.0813. The number of hydrogen-bond donors (Lipinski definition) is 1. The highest BCUT2D eigenvalue weighted by Crippen LogP contribution is 2.25. The summed E-state index contributed by atoms with van der Waals surface area (Å²) in [4.78, 5) is 14.5. The fourth-order valence-electron chi connectivity index (χ4n) is 2.54. The van der Waals surface area contributed by atoms with Gasteiger partial charge < -0.3 is 10.2 Å². The maximum absolute atomic E-state index is 12.4. The Kier molecular flexibility index (Phi) is 6.67. The third-order valence-electron chi connectivity index (χ3n) is 4.05. The topological polar surface area (TPSA) is 32.3 Å². The van der Waals surface area contributed by atoms with Gasteiger partial charge >= 0.3 is 0 Å². The van der Waals surface area contributed by atoms with Gasteiger partial charge in [-0.2, -0.15) is 0 Å². The van der Waals surface area contributed by atoms with E-state index in [1.165, 1.54) is 5.56 Å². The Morgan fingerprint density at radius 2 is 1.79 bits per heavy atom. The van der Waals surface area contributed by atoms with E-state index in [-0.39, 0.29) is 17.0 Å². The first-order valence-electron chi connectivity index (χ1n) is 7.91. The van der Waals surface area contributed by atoms with Gasteiger partial charge in [0.1, 0.15) is 0 Å². The lowest BCUT2D eigenvalue weighted by Crippen LogP contribution is -2.34. The number of rotatable bonds is 6. The number of carbonyl (C=O) groups excluding carboxylic acids is 1. The summed E-state index contributed by atoms with van der Waals surface area (Å²) < 4.78 is 0. The van der Waals surface area contributed by atoms with Crippen molar-refractivity contribution in [2.45, 2.75) is 19.4 Å². The van der Waals surface area contributed by atoms with Crippen LogP contribution in [0.25, 0.3) is 0 Å². The van der Waals surface area contributed by atoms with Crippen molar-refractivity contribution in [2.75, 3.05) is 20.6 Å². The van der Waals surface area contributed by atoms with E-state index in [1.54, 1.807) is 18.2 Å². The second kappa shape index (κ2) is 8.52. The Bertz CT molecular complexity index is 699. The van der Waals surface area contributed by atoms with Gasteiger partial charge in [0.15, 0.2) is 0 Å². The van der Waals surface area contributed by atoms with Gasteiger partial charge in [0.05, 0.1) is 21.7 Å². The standard InChI is InChI=1S/C19H22Cl2N2O/c1-4-13-8-10-14(11-9-13)17(23(2)3)12-22-19(24)15-6-5-7-16(20)18(15)21/h5-11,17H,4,12H2,1-3H3,(H,22,24). The Labute approximate surface area is 153 Å². The molecular weight excluding hydrogens is 343 g/mol. The molecule has 0 saturated heterocycles. The van der Waals surface area contributed by atoms with Crippen molar-refractivity contribution in [2.24, 2.45) is 0 Å². The van der Waals surface area contributed by atoms with Gasteiger partial charge in [-0.3, -0.25) is 4.79 Å². The van der Waals surface area contributed by atoms with Crippen LogP contribution in [0.1, 0.15) is 34.5 Å². The molecule has 1 unspecified atom stereocenters. The third-order valence-corrected chi connectivity index (χ3v) is 4.87. The van der Waals surface area contributed by atoms with Crippen molar-refractivity contribution in [3.8, 4) is 0 Å². The molecule has 1 N–H and O–H groups in total. The van der Waals surface area contributed by atoms with Crippen LogP contribution in [0.15, 0.2) is 42.5 Å². The molecule has 0 fully saturated rings. The quantitative estimate of drug-likeness (QED) is 0.812. The first-order valence-corrected chi connectivity index (χ1v) is 8.67. The lowest BCUT2D eigenvalue weighted by Gasteiger charge is -2.25. The highest BCUT2D eigenvalue weighted by molar-refractivity contribution is 6.43. The normalized spacial score (nSPS) is 12.2. The molecule has 2 aromatic rings. The number of nitrogens with one attached hydrogen (secondary N) is 1. The SMILES string of the molecule is CCc1ccc(C(CNC(=O)c2cccc(Cl)c2Cl)N(C)C)cc1. The number of carbonyl (C=O) groups is 1. The zero-order chi connectivity index (χ0) is 17.7. The molecule has 3 nitrogen and oxygen atoms in total. The van der Waals surface area contributed by atoms with Gasteiger partial charge in [-0.25, -0.2) is 0 Å². The summed E-state index contributed by atoms with van der Waals surface area (Å²) in [6, 6.07) is 13.6. The van der Waals surface area contributed by atoms with E-state index in [1.807, 2.05) is 14.1 Å². The molecular formula is C19H22Cl2N2O. The van der Waals surface area contributed by atoms with E-state index >= 15 is 0 Å². The average Bonchev–Trinajstić information content (AvgIpc) is 2.57. The van der Waals surface area contributed by atoms with Gasteiger partial charge in [-0.05, 0) is 43.8 Å². The van der Waals surface area contributed by atoms with Crippen LogP contribution < -0.4 is 5.32 Å². The summed E-state index contributed by atoms with van der Waals surface area (Å²) in [6.45, 7) is 2.62. The van der Waals surface area contributed by atoms with Crippen LogP contribution in [0.5, 0.6) is 0 Å². The highest BCUT2D eigenvalue weighted by Gasteiger charge is 2.17. The molecule has 5 heteroatoms. The molecule has 0 saturated carbocycles. The Hall–Kier alpha value is -1.55. The fraction of sp³-hybridized carbons (Fsp3) is 0.316. The van der Waals surface area contributed by atoms with Gasteiger partial charge in [-0.1, -0.05) is 60.5 Å². The maximum atomic E-state index is 12.4. The number of hydrogen-bond acceptors (Lipinski definition) is 2. The summed E-state index contributed by atoms with van der Waals surface area (Å²) in [5, 5.41) is 3.61. The van der Waals surface area contributed by atoms with Crippen molar-refractivity contribution >= 4 is 29.1 Å². The molecule has 0 radical (unpaired) electrons. The van der Waals surface area contributed by atoms with E-state index in [0.717, 1.165) is 12.0 Å². The van der Waals surface area contributed by atoms with Crippen LogP contribution in [0.2, 0.25) is 10.0 Å². The molecule has 1 amide bonds. The lowest BCUT2D eigenvalue weighted by molar-refractivity contribution is 0.0942. The predicted molar refractivity (Wildman–Crippen MR) is 101 cm³/mol. The molecule has 0 aliphatic carbocycles. The predicted octanol–water partition coefficient (Wildman–Crippen LogP) is 4.59. The number of likely N-dealkylation sites (N-methyl/N-ethyl adjacent to an activating group) is 1. The zero-order valence-corrected chi connectivity index (χ0v) is 15.7. The largest absolute Gasteiger partial charge is 0.350 e. The Morgan fingerprint density at radius 3 is 2.38 bits per heavy atom. The summed E-state index contributed by atoms with van der Waals surface area (Å²) >= 11 is 12.1. The Morgan fingerprint density at radius 1 is 1.12 bits per heavy atom. The molecule has 0 bridgehead atoms. The second-order valence-electron chi connectivity index (χ2n) is 5.89. The zero-order valence-electron chi connectivity index (χ0n) is 14.1. The van der Waals surface area contributed by atoms with Gasteiger partial charge in [-0.15, -0.1) is 0 Å². The van der Waals surface area contributed by atoms with Crippen LogP contribution in [0.4, 0.5) is 0 Å². The fourth-order valence-corrected chi connectivity index (χ4v) is 2.92. The minimum atomic E-state index is -0.223. The lowest BCUT2D eigenvalue weighted by atomic mass is 10.0. The molecule has 0 spiro atoms. The molecule has 2 aromatic carbocycles. The van der Waals surface area contributed by atoms with Gasteiger partial charge in [0.25, 0.3) is 5.91 Å². The van der Waals surface area contributed by atoms with Crippen molar-refractivity contribution in [1.82, 2.24) is 10.2 Å². The monoisotopic (exact) mass is 364 g/mol. The van der Waals surface area contributed by atoms with Crippen molar-refractivity contribution in [3.63, 3.8) is 0 Å². The van der Waals surface area contributed by atoms with Crippen molar-refractivity contribution in [1.29, 1.82) is 0 Å². The number of amides is 1. The Balaban J connectivity index is 2.11. The van der Waals surface area contributed by atoms with E-state index < -0.39 is 0 Å². The maximum Gasteiger partial charge on any atom is 0.252 e. The molecule has 2 rings (SSSR count). The molecule has 24 heavy (non-hydrogen) atoms. The van der Waals surface area contributed by atoms with E-state index in [9.17, 15) is 4.79 Å². The second-order valence-corrected chi connectivity index (χ2v) is 6.67. The first kappa shape index (κ1) is 18.8. The minimum Gasteiger partial charge on any atom is -0.350 e. The molecule has 0 heterocycles. The van der Waals surface area contributed by atoms with E-state index in [4.69, 9.17) is 23.2 Å². The van der Waals surface area contributed by atoms with Crippen LogP contribution >= 0.6 is 23.2 Å². The van der Waals surface area contributed by atoms with E-state index in [0.29, 0.717) is 17.1 Å². The van der Waals surface area contributed by atoms with Gasteiger partial charge in [0.2, 0.25) is 0 Å². The molecule has 128 valence electrons. The van der Waals surface area contributed by atoms with Crippen LogP contribution in [-0.4, -0.2) is 31.4 Å². The highest BCUT2D eigenvalue weighted by atomic mass is 35.5. The molecule has 0 aliphatic heterocycles. The summed E-state index contributed by atoms with van der Waals surface area (Å²) in [5.41, 5.74) is 2.85. The van der Waals surface area contributed by atoms with Crippen molar-refractivity contribution < 1.29 is 4.79 Å². The summed E-state index contributed by atoms with van der Waals surface area (Å²) in [7, 11) is 3.99. The summed E-state index contributed by atoms with van der Waals surface area (Å²) in [6.07, 6.45) is 1.01. The number of aryl methyl sites for hydroxylation is 1. The number of nitrogens with zero attached hydrogens (tertiary/aromatic N) is 1. The number of benzene rings is 2. The van der Waals surface area contributed by atoms with Crippen LogP contribution in [0, 0.1) is 0 Å². The van der Waals surface area contributed by atoms with Crippen LogP contribution in [-0.2, 0) is 6.42 Å². The third kappa shape index (κ3) is 4.50. The van der Waals surface area contributed by atoms with Gasteiger partial charge in [0, 0.05) is 6.54 Å². The smallest absolute Gasteiger partial charge is 0.252 e. The summed E-state index contributed by atoms with van der Waals surface area (Å²) in [5.74, 6) is -0.223. The van der Waals surface area contributed by atoms with Crippen molar-refractivity contribution in [3.05, 3.63) is 69.2 Å². The molecule has 0 aliphatic rings. The average molecular weight is 365 g/mol. The molecule has 0 aromatic heterocycles.